The van der Waals surface area contributed by atoms with E-state index in [2.05, 4.69) is 16.4 Å². The monoisotopic (exact) mass is 347 g/mol. The number of ether oxygens (including phenoxy) is 1. The predicted molar refractivity (Wildman–Crippen MR) is 98.4 cm³/mol. The molecule has 5 heteroatoms. The van der Waals surface area contributed by atoms with Crippen LogP contribution in [0, 0.1) is 17.1 Å². The van der Waals surface area contributed by atoms with Crippen LogP contribution in [0.5, 0.6) is 5.88 Å². The molecular formula is C21H18FN3O. The molecule has 26 heavy (non-hydrogen) atoms. The van der Waals surface area contributed by atoms with Crippen LogP contribution in [-0.2, 0) is 0 Å². The van der Waals surface area contributed by atoms with Crippen LogP contribution >= 0.6 is 0 Å². The van der Waals surface area contributed by atoms with Crippen molar-refractivity contribution in [3.05, 3.63) is 60.0 Å². The first kappa shape index (κ1) is 16.5. The third-order valence-electron chi connectivity index (χ3n) is 4.73. The molecular weight excluding hydrogens is 329 g/mol. The van der Waals surface area contributed by atoms with Gasteiger partial charge in [0.1, 0.15) is 12.4 Å². The van der Waals surface area contributed by atoms with E-state index in [1.807, 2.05) is 6.07 Å². The summed E-state index contributed by atoms with van der Waals surface area (Å²) in [5.74, 6) is 0.195. The Kier molecular flexibility index (Phi) is 4.51. The topological polar surface area (TPSA) is 57.9 Å². The molecule has 1 fully saturated rings. The molecule has 1 aromatic heterocycles. The van der Waals surface area contributed by atoms with Crippen LogP contribution in [0.15, 0.2) is 48.7 Å². The minimum absolute atomic E-state index is 0.318. The fraction of sp³-hybridized carbons (Fsp3) is 0.238. The molecule has 0 bridgehead atoms. The Hall–Kier alpha value is -2.97. The van der Waals surface area contributed by atoms with E-state index in [-0.39, 0.29) is 5.82 Å². The fourth-order valence-electron chi connectivity index (χ4n) is 3.37. The van der Waals surface area contributed by atoms with Gasteiger partial charge in [0.05, 0.1) is 11.6 Å². The van der Waals surface area contributed by atoms with Crippen LogP contribution in [0.3, 0.4) is 0 Å². The zero-order valence-corrected chi connectivity index (χ0v) is 14.2. The zero-order chi connectivity index (χ0) is 17.9. The van der Waals surface area contributed by atoms with E-state index in [1.165, 1.54) is 6.07 Å². The molecule has 4 rings (SSSR count). The predicted octanol–water partition coefficient (Wildman–Crippen LogP) is 4.04. The molecule has 2 aromatic carbocycles. The average molecular weight is 347 g/mol. The van der Waals surface area contributed by atoms with Crippen molar-refractivity contribution < 1.29 is 9.13 Å². The van der Waals surface area contributed by atoms with Gasteiger partial charge in [-0.2, -0.15) is 5.26 Å². The van der Waals surface area contributed by atoms with E-state index >= 15 is 0 Å². The molecule has 1 aliphatic rings. The van der Waals surface area contributed by atoms with Gasteiger partial charge in [-0.3, -0.25) is 0 Å². The number of halogens is 1. The van der Waals surface area contributed by atoms with Crippen molar-refractivity contribution in [3.63, 3.8) is 0 Å². The Morgan fingerprint density at radius 3 is 2.85 bits per heavy atom. The van der Waals surface area contributed by atoms with E-state index in [1.54, 1.807) is 36.5 Å². The highest BCUT2D eigenvalue weighted by Crippen LogP contribution is 2.34. The number of pyridine rings is 1. The van der Waals surface area contributed by atoms with Crippen LogP contribution in [0.2, 0.25) is 0 Å². The number of aromatic nitrogens is 1. The van der Waals surface area contributed by atoms with Gasteiger partial charge in [0.25, 0.3) is 0 Å². The lowest BCUT2D eigenvalue weighted by Crippen LogP contribution is -2.28. The van der Waals surface area contributed by atoms with E-state index in [4.69, 9.17) is 4.74 Å². The first-order valence-electron chi connectivity index (χ1n) is 8.70. The molecule has 3 aromatic rings. The summed E-state index contributed by atoms with van der Waals surface area (Å²) < 4.78 is 20.3. The van der Waals surface area contributed by atoms with Crippen molar-refractivity contribution in [3.8, 4) is 23.1 Å². The quantitative estimate of drug-likeness (QED) is 0.774. The Morgan fingerprint density at radius 1 is 1.19 bits per heavy atom. The first-order chi connectivity index (χ1) is 12.8. The molecule has 130 valence electrons. The summed E-state index contributed by atoms with van der Waals surface area (Å²) in [7, 11) is 0. The molecule has 4 nitrogen and oxygen atoms in total. The molecule has 1 atom stereocenters. The van der Waals surface area contributed by atoms with Crippen LogP contribution in [-0.4, -0.2) is 24.2 Å². The Balaban J connectivity index is 1.80. The number of hydrogen-bond acceptors (Lipinski definition) is 4. The second-order valence-electron chi connectivity index (χ2n) is 6.43. The molecule has 0 saturated carbocycles. The lowest BCUT2D eigenvalue weighted by molar-refractivity contribution is 0.271. The second kappa shape index (κ2) is 7.11. The molecule has 0 amide bonds. The second-order valence-corrected chi connectivity index (χ2v) is 6.43. The molecule has 1 N–H and O–H groups in total. The number of nitrogens with zero attached hydrogens (tertiary/aromatic N) is 2. The van der Waals surface area contributed by atoms with Gasteiger partial charge in [-0.05, 0) is 49.0 Å². The van der Waals surface area contributed by atoms with Gasteiger partial charge in [-0.1, -0.05) is 18.2 Å². The van der Waals surface area contributed by atoms with Crippen molar-refractivity contribution in [2.75, 3.05) is 13.2 Å². The molecule has 1 saturated heterocycles. The number of hydrogen-bond donors (Lipinski definition) is 1. The van der Waals surface area contributed by atoms with Gasteiger partial charge < -0.3 is 10.1 Å². The summed E-state index contributed by atoms with van der Waals surface area (Å²) in [6.07, 6.45) is 3.86. The molecule has 2 heterocycles. The van der Waals surface area contributed by atoms with Crippen molar-refractivity contribution in [2.24, 2.45) is 0 Å². The Morgan fingerprint density at radius 2 is 2.08 bits per heavy atom. The van der Waals surface area contributed by atoms with Crippen molar-refractivity contribution in [1.82, 2.24) is 10.3 Å². The van der Waals surface area contributed by atoms with Crippen molar-refractivity contribution >= 4 is 10.8 Å². The lowest BCUT2D eigenvalue weighted by atomic mass is 9.99. The average Bonchev–Trinajstić information content (AvgIpc) is 3.20. The number of benzene rings is 2. The maximum atomic E-state index is 14.3. The number of fused-ring (bicyclic) bond motifs is 1. The van der Waals surface area contributed by atoms with E-state index in [9.17, 15) is 9.65 Å². The summed E-state index contributed by atoms with van der Waals surface area (Å²) in [6, 6.07) is 14.4. The number of nitriles is 1. The van der Waals surface area contributed by atoms with Crippen LogP contribution in [0.25, 0.3) is 21.9 Å². The molecule has 0 radical (unpaired) electrons. The Bertz CT molecular complexity index is 990. The van der Waals surface area contributed by atoms with Crippen LogP contribution in [0.4, 0.5) is 4.39 Å². The van der Waals surface area contributed by atoms with Gasteiger partial charge in [-0.15, -0.1) is 0 Å². The SMILES string of the molecule is N#Cc1ccc2c(OCC3CCCN3)ncc(-c3ccccc3F)c2c1. The maximum absolute atomic E-state index is 14.3. The van der Waals surface area contributed by atoms with Crippen LogP contribution < -0.4 is 10.1 Å². The Labute approximate surface area is 151 Å². The van der Waals surface area contributed by atoms with E-state index in [0.29, 0.717) is 35.2 Å². The summed E-state index contributed by atoms with van der Waals surface area (Å²) in [6.45, 7) is 1.56. The maximum Gasteiger partial charge on any atom is 0.221 e. The standard InChI is InChI=1S/C21H18FN3O/c22-20-6-2-1-5-16(20)19-12-25-21(26-13-15-4-3-9-24-15)17-8-7-14(11-23)10-18(17)19/h1-2,5-8,10,12,15,24H,3-4,9,13H2. The lowest BCUT2D eigenvalue weighted by Gasteiger charge is -2.15. The van der Waals surface area contributed by atoms with Gasteiger partial charge in [0, 0.05) is 28.8 Å². The molecule has 1 unspecified atom stereocenters. The molecule has 0 spiro atoms. The summed E-state index contributed by atoms with van der Waals surface area (Å²) >= 11 is 0. The van der Waals surface area contributed by atoms with E-state index < -0.39 is 0 Å². The highest BCUT2D eigenvalue weighted by atomic mass is 19.1. The third-order valence-corrected chi connectivity index (χ3v) is 4.73. The number of nitrogens with one attached hydrogen (secondary N) is 1. The molecule has 0 aliphatic carbocycles. The zero-order valence-electron chi connectivity index (χ0n) is 14.2. The van der Waals surface area contributed by atoms with Crippen molar-refractivity contribution in [2.45, 2.75) is 18.9 Å². The van der Waals surface area contributed by atoms with Crippen LogP contribution in [0.1, 0.15) is 18.4 Å². The van der Waals surface area contributed by atoms with Gasteiger partial charge in [-0.25, -0.2) is 9.37 Å². The minimum atomic E-state index is -0.318. The molecule has 1 aliphatic heterocycles. The largest absolute Gasteiger partial charge is 0.476 e. The fourth-order valence-corrected chi connectivity index (χ4v) is 3.37. The highest BCUT2D eigenvalue weighted by molar-refractivity contribution is 5.99. The van der Waals surface area contributed by atoms with Gasteiger partial charge >= 0.3 is 0 Å². The number of rotatable bonds is 4. The van der Waals surface area contributed by atoms with E-state index in [0.717, 1.165) is 30.2 Å². The normalized spacial score (nSPS) is 16.5. The van der Waals surface area contributed by atoms with Gasteiger partial charge in [0.2, 0.25) is 5.88 Å². The summed E-state index contributed by atoms with van der Waals surface area (Å²) in [4.78, 5) is 4.44. The highest BCUT2D eigenvalue weighted by Gasteiger charge is 2.17. The van der Waals surface area contributed by atoms with Crippen molar-refractivity contribution in [1.29, 1.82) is 5.26 Å². The minimum Gasteiger partial charge on any atom is -0.476 e. The first-order valence-corrected chi connectivity index (χ1v) is 8.70. The summed E-state index contributed by atoms with van der Waals surface area (Å²) in [5.41, 5.74) is 1.63. The third kappa shape index (κ3) is 3.12. The van der Waals surface area contributed by atoms with Gasteiger partial charge in [0.15, 0.2) is 0 Å². The smallest absolute Gasteiger partial charge is 0.221 e. The summed E-state index contributed by atoms with van der Waals surface area (Å²) in [5, 5.41) is 14.2.